The van der Waals surface area contributed by atoms with E-state index >= 15 is 0 Å². The highest BCUT2D eigenvalue weighted by molar-refractivity contribution is 7.89. The van der Waals surface area contributed by atoms with E-state index in [4.69, 9.17) is 27.9 Å². The Hall–Kier alpha value is -2.39. The molecule has 0 bridgehead atoms. The Bertz CT molecular complexity index is 1220. The predicted molar refractivity (Wildman–Crippen MR) is 125 cm³/mol. The SMILES string of the molecule is Cc1ccc(Cl)c(Oc2cc(N3CCN(S(=O)(=O)c4ccc(Cl)cc4)C(C)C3)ncn2)c1. The van der Waals surface area contributed by atoms with Gasteiger partial charge in [0.25, 0.3) is 0 Å². The zero-order valence-electron chi connectivity index (χ0n) is 17.6. The molecule has 0 spiro atoms. The molecular formula is C22H22Cl2N4O3S. The Morgan fingerprint density at radius 2 is 1.78 bits per heavy atom. The van der Waals surface area contributed by atoms with Gasteiger partial charge in [0.1, 0.15) is 17.9 Å². The first-order chi connectivity index (χ1) is 15.2. The number of nitrogens with zero attached hydrogens (tertiary/aromatic N) is 4. The Balaban J connectivity index is 1.49. The van der Waals surface area contributed by atoms with Crippen LogP contribution in [0.15, 0.2) is 59.8 Å². The number of aromatic nitrogens is 2. The van der Waals surface area contributed by atoms with Crippen molar-refractivity contribution in [3.63, 3.8) is 0 Å². The molecule has 168 valence electrons. The van der Waals surface area contributed by atoms with Crippen molar-refractivity contribution in [3.05, 3.63) is 70.5 Å². The lowest BCUT2D eigenvalue weighted by molar-refractivity contribution is 0.305. The van der Waals surface area contributed by atoms with Crippen LogP contribution in [0.1, 0.15) is 12.5 Å². The summed E-state index contributed by atoms with van der Waals surface area (Å²) in [6.07, 6.45) is 1.43. The summed E-state index contributed by atoms with van der Waals surface area (Å²) in [6.45, 7) is 5.13. The van der Waals surface area contributed by atoms with Crippen LogP contribution in [0.25, 0.3) is 0 Å². The van der Waals surface area contributed by atoms with Crippen molar-refractivity contribution in [3.8, 4) is 11.6 Å². The van der Waals surface area contributed by atoms with Gasteiger partial charge in [-0.2, -0.15) is 4.31 Å². The van der Waals surface area contributed by atoms with Crippen LogP contribution in [0.4, 0.5) is 5.82 Å². The average molecular weight is 493 g/mol. The van der Waals surface area contributed by atoms with Crippen LogP contribution in [0.5, 0.6) is 11.6 Å². The zero-order valence-corrected chi connectivity index (χ0v) is 19.9. The van der Waals surface area contributed by atoms with Gasteiger partial charge in [0.05, 0.1) is 9.92 Å². The third-order valence-electron chi connectivity index (χ3n) is 5.24. The summed E-state index contributed by atoms with van der Waals surface area (Å²) in [5.41, 5.74) is 1.02. The van der Waals surface area contributed by atoms with E-state index in [1.807, 2.05) is 30.9 Å². The molecule has 32 heavy (non-hydrogen) atoms. The normalized spacial score (nSPS) is 17.4. The molecule has 1 unspecified atom stereocenters. The second-order valence-electron chi connectivity index (χ2n) is 7.62. The van der Waals surface area contributed by atoms with Gasteiger partial charge in [-0.05, 0) is 55.8 Å². The standard InChI is InChI=1S/C22H22Cl2N4O3S/c1-15-3-8-19(24)20(11-15)31-22-12-21(25-14-26-22)27-9-10-28(16(2)13-27)32(29,30)18-6-4-17(23)5-7-18/h3-8,11-12,14,16H,9-10,13H2,1-2H3. The molecule has 1 saturated heterocycles. The number of piperazine rings is 1. The van der Waals surface area contributed by atoms with E-state index in [2.05, 4.69) is 9.97 Å². The van der Waals surface area contributed by atoms with Crippen molar-refractivity contribution >= 4 is 39.0 Å². The molecule has 1 aromatic heterocycles. The first kappa shape index (κ1) is 22.8. The molecule has 1 fully saturated rings. The van der Waals surface area contributed by atoms with Gasteiger partial charge in [-0.15, -0.1) is 0 Å². The number of rotatable bonds is 5. The summed E-state index contributed by atoms with van der Waals surface area (Å²) in [5.74, 6) is 1.55. The predicted octanol–water partition coefficient (Wildman–Crippen LogP) is 4.78. The van der Waals surface area contributed by atoms with Gasteiger partial charge in [0, 0.05) is 36.8 Å². The zero-order chi connectivity index (χ0) is 22.9. The number of anilines is 1. The minimum absolute atomic E-state index is 0.231. The largest absolute Gasteiger partial charge is 0.437 e. The fourth-order valence-electron chi connectivity index (χ4n) is 3.61. The Labute approximate surface area is 197 Å². The van der Waals surface area contributed by atoms with E-state index in [1.165, 1.54) is 22.8 Å². The summed E-state index contributed by atoms with van der Waals surface area (Å²) in [6, 6.07) is 13.2. The van der Waals surface area contributed by atoms with E-state index in [0.29, 0.717) is 47.1 Å². The minimum atomic E-state index is -3.62. The maximum Gasteiger partial charge on any atom is 0.243 e. The molecule has 0 aliphatic carbocycles. The van der Waals surface area contributed by atoms with Gasteiger partial charge in [-0.1, -0.05) is 29.3 Å². The lowest BCUT2D eigenvalue weighted by Gasteiger charge is -2.39. The number of hydrogen-bond acceptors (Lipinski definition) is 6. The molecule has 0 amide bonds. The van der Waals surface area contributed by atoms with E-state index < -0.39 is 10.0 Å². The number of halogens is 2. The van der Waals surface area contributed by atoms with Crippen LogP contribution in [0, 0.1) is 6.92 Å². The van der Waals surface area contributed by atoms with E-state index in [0.717, 1.165) is 5.56 Å². The molecule has 3 aromatic rings. The van der Waals surface area contributed by atoms with Gasteiger partial charge in [-0.25, -0.2) is 18.4 Å². The van der Waals surface area contributed by atoms with Crippen molar-refractivity contribution in [2.24, 2.45) is 0 Å². The third kappa shape index (κ3) is 4.83. The van der Waals surface area contributed by atoms with Crippen molar-refractivity contribution in [2.75, 3.05) is 24.5 Å². The Kier molecular flexibility index (Phi) is 6.57. The molecule has 1 aliphatic rings. The van der Waals surface area contributed by atoms with E-state index in [9.17, 15) is 8.42 Å². The number of hydrogen-bond donors (Lipinski definition) is 0. The summed E-state index contributed by atoms with van der Waals surface area (Å²) >= 11 is 12.1. The number of sulfonamides is 1. The minimum Gasteiger partial charge on any atom is -0.437 e. The van der Waals surface area contributed by atoms with Crippen LogP contribution in [0.3, 0.4) is 0 Å². The first-order valence-corrected chi connectivity index (χ1v) is 12.2. The lowest BCUT2D eigenvalue weighted by atomic mass is 10.2. The van der Waals surface area contributed by atoms with Crippen molar-refractivity contribution in [2.45, 2.75) is 24.8 Å². The quantitative estimate of drug-likeness (QED) is 0.509. The van der Waals surface area contributed by atoms with E-state index in [-0.39, 0.29) is 10.9 Å². The van der Waals surface area contributed by atoms with Gasteiger partial charge < -0.3 is 9.64 Å². The summed E-state index contributed by atoms with van der Waals surface area (Å²) < 4.78 is 33.5. The van der Waals surface area contributed by atoms with Crippen LogP contribution < -0.4 is 9.64 Å². The first-order valence-electron chi connectivity index (χ1n) is 10.0. The monoisotopic (exact) mass is 492 g/mol. The molecule has 0 saturated carbocycles. The number of benzene rings is 2. The second kappa shape index (κ2) is 9.23. The highest BCUT2D eigenvalue weighted by Gasteiger charge is 2.34. The van der Waals surface area contributed by atoms with Crippen LogP contribution in [-0.4, -0.2) is 48.4 Å². The summed E-state index contributed by atoms with van der Waals surface area (Å²) in [5, 5.41) is 0.987. The molecule has 4 rings (SSSR count). The van der Waals surface area contributed by atoms with Gasteiger partial charge in [0.15, 0.2) is 0 Å². The topological polar surface area (TPSA) is 75.6 Å². The van der Waals surface area contributed by atoms with Crippen molar-refractivity contribution in [1.82, 2.24) is 14.3 Å². The van der Waals surface area contributed by atoms with Crippen LogP contribution in [0.2, 0.25) is 10.0 Å². The number of ether oxygens (including phenoxy) is 1. The van der Waals surface area contributed by atoms with Crippen LogP contribution >= 0.6 is 23.2 Å². The van der Waals surface area contributed by atoms with Gasteiger partial charge in [-0.3, -0.25) is 0 Å². The van der Waals surface area contributed by atoms with Gasteiger partial charge >= 0.3 is 0 Å². The fourth-order valence-corrected chi connectivity index (χ4v) is 5.50. The number of aryl methyl sites for hydroxylation is 1. The fraction of sp³-hybridized carbons (Fsp3) is 0.273. The lowest BCUT2D eigenvalue weighted by Crippen LogP contribution is -2.54. The Morgan fingerprint density at radius 3 is 2.50 bits per heavy atom. The second-order valence-corrected chi connectivity index (χ2v) is 10.3. The Morgan fingerprint density at radius 1 is 1.03 bits per heavy atom. The average Bonchev–Trinajstić information content (AvgIpc) is 2.76. The van der Waals surface area contributed by atoms with Gasteiger partial charge in [0.2, 0.25) is 15.9 Å². The third-order valence-corrected chi connectivity index (χ3v) is 7.83. The van der Waals surface area contributed by atoms with Crippen LogP contribution in [-0.2, 0) is 10.0 Å². The molecule has 10 heteroatoms. The highest BCUT2D eigenvalue weighted by atomic mass is 35.5. The molecule has 0 radical (unpaired) electrons. The summed E-state index contributed by atoms with van der Waals surface area (Å²) in [4.78, 5) is 10.8. The molecule has 0 N–H and O–H groups in total. The smallest absolute Gasteiger partial charge is 0.243 e. The molecule has 2 heterocycles. The maximum absolute atomic E-state index is 13.1. The van der Waals surface area contributed by atoms with Crippen molar-refractivity contribution in [1.29, 1.82) is 0 Å². The van der Waals surface area contributed by atoms with E-state index in [1.54, 1.807) is 24.3 Å². The maximum atomic E-state index is 13.1. The van der Waals surface area contributed by atoms with Crippen molar-refractivity contribution < 1.29 is 13.2 Å². The molecule has 1 atom stereocenters. The molecule has 7 nitrogen and oxygen atoms in total. The molecule has 2 aromatic carbocycles. The molecule has 1 aliphatic heterocycles. The molecular weight excluding hydrogens is 471 g/mol. The highest BCUT2D eigenvalue weighted by Crippen LogP contribution is 2.31. The summed E-state index contributed by atoms with van der Waals surface area (Å²) in [7, 11) is -3.62.